The molecule has 6 N–H and O–H groups in total. The number of benzene rings is 3. The standard InChI is InChI=1S/C41H53N5O9S/c1-40(2,3)55-39(53)45-32(23-28-17-19-30(47)20-18-28)35(49)43-25-34(48)46(38(52)41(4,5)42)33(24-27-13-9-7-10-14-27)36(50)44-31(21-22-56-6)37(51)54-26-29-15-11-8-12-16-29/h7-20,31-33,47H,21-26,42H2,1-6H3,(H,43,49)(H,44,50)(H,45,53)/t31-,32-,33-/m0/s1. The maximum atomic E-state index is 14.3. The molecule has 3 atom stereocenters. The molecule has 0 radical (unpaired) electrons. The minimum absolute atomic E-state index is 0.00165. The van der Waals surface area contributed by atoms with Gasteiger partial charge in [0.1, 0.15) is 36.1 Å². The van der Waals surface area contributed by atoms with Gasteiger partial charge in [0.2, 0.25) is 23.6 Å². The van der Waals surface area contributed by atoms with E-state index < -0.39 is 71.5 Å². The first-order valence-electron chi connectivity index (χ1n) is 18.1. The molecule has 0 aromatic heterocycles. The Balaban J connectivity index is 1.93. The minimum atomic E-state index is -1.65. The normalized spacial score (nSPS) is 13.0. The summed E-state index contributed by atoms with van der Waals surface area (Å²) in [7, 11) is 0. The molecule has 0 aliphatic rings. The van der Waals surface area contributed by atoms with Gasteiger partial charge >= 0.3 is 12.1 Å². The van der Waals surface area contributed by atoms with Gasteiger partial charge in [-0.2, -0.15) is 11.8 Å². The summed E-state index contributed by atoms with van der Waals surface area (Å²) < 4.78 is 10.9. The molecule has 3 aromatic carbocycles. The van der Waals surface area contributed by atoms with Crippen molar-refractivity contribution < 1.29 is 43.3 Å². The molecule has 3 rings (SSSR count). The number of imide groups is 1. The second-order valence-electron chi connectivity index (χ2n) is 14.7. The van der Waals surface area contributed by atoms with Gasteiger partial charge in [-0.05, 0) is 81.9 Å². The van der Waals surface area contributed by atoms with E-state index in [0.29, 0.717) is 16.9 Å². The molecular weight excluding hydrogens is 739 g/mol. The Hall–Kier alpha value is -5.41. The van der Waals surface area contributed by atoms with Crippen LogP contribution in [-0.2, 0) is 52.9 Å². The van der Waals surface area contributed by atoms with Gasteiger partial charge in [0, 0.05) is 12.8 Å². The first-order valence-corrected chi connectivity index (χ1v) is 19.5. The van der Waals surface area contributed by atoms with E-state index in [2.05, 4.69) is 16.0 Å². The molecule has 56 heavy (non-hydrogen) atoms. The Bertz CT molecular complexity index is 1780. The molecule has 0 saturated heterocycles. The van der Waals surface area contributed by atoms with E-state index in [0.717, 1.165) is 10.5 Å². The van der Waals surface area contributed by atoms with Crippen LogP contribution in [0.25, 0.3) is 0 Å². The number of aromatic hydroxyl groups is 1. The topological polar surface area (TPSA) is 206 Å². The first kappa shape index (κ1) is 45.0. The number of amides is 5. The summed E-state index contributed by atoms with van der Waals surface area (Å²) >= 11 is 1.46. The number of nitrogens with two attached hydrogens (primary N) is 1. The summed E-state index contributed by atoms with van der Waals surface area (Å²) in [6.07, 6.45) is 0.969. The second-order valence-corrected chi connectivity index (χ2v) is 15.7. The third-order valence-electron chi connectivity index (χ3n) is 8.16. The Morgan fingerprint density at radius 3 is 1.89 bits per heavy atom. The molecule has 0 unspecified atom stereocenters. The highest BCUT2D eigenvalue weighted by Gasteiger charge is 2.41. The highest BCUT2D eigenvalue weighted by Crippen LogP contribution is 2.17. The van der Waals surface area contributed by atoms with Gasteiger partial charge in [0.05, 0.1) is 12.1 Å². The molecule has 0 saturated carbocycles. The van der Waals surface area contributed by atoms with Gasteiger partial charge in [0.25, 0.3) is 0 Å². The SMILES string of the molecule is CSCC[C@H](NC(=O)[C@H](Cc1ccccc1)N(C(=O)CNC(=O)[C@H](Cc1ccc(O)cc1)NC(=O)OC(C)(C)C)C(=O)C(C)(C)N)C(=O)OCc1ccccc1. The van der Waals surface area contributed by atoms with E-state index in [1.807, 2.05) is 24.5 Å². The first-order chi connectivity index (χ1) is 26.4. The van der Waals surface area contributed by atoms with Crippen LogP contribution in [0.2, 0.25) is 0 Å². The molecule has 15 heteroatoms. The number of nitrogens with one attached hydrogen (secondary N) is 3. The van der Waals surface area contributed by atoms with Crippen LogP contribution in [0.1, 0.15) is 57.7 Å². The van der Waals surface area contributed by atoms with Gasteiger partial charge in [0.15, 0.2) is 0 Å². The van der Waals surface area contributed by atoms with Crippen molar-refractivity contribution in [2.75, 3.05) is 18.6 Å². The van der Waals surface area contributed by atoms with E-state index in [-0.39, 0.29) is 31.6 Å². The molecule has 0 aliphatic carbocycles. The van der Waals surface area contributed by atoms with Gasteiger partial charge < -0.3 is 36.3 Å². The molecule has 302 valence electrons. The van der Waals surface area contributed by atoms with Crippen LogP contribution in [0.15, 0.2) is 84.9 Å². The lowest BCUT2D eigenvalue weighted by Gasteiger charge is -2.34. The zero-order chi connectivity index (χ0) is 41.5. The van der Waals surface area contributed by atoms with Crippen molar-refractivity contribution in [3.05, 3.63) is 102 Å². The molecular formula is C41H53N5O9S. The third-order valence-corrected chi connectivity index (χ3v) is 8.80. The lowest BCUT2D eigenvalue weighted by atomic mass is 9.98. The number of phenolic OH excluding ortho intramolecular Hbond substituents is 1. The van der Waals surface area contributed by atoms with Gasteiger partial charge in [-0.3, -0.25) is 24.1 Å². The number of hydrogen-bond acceptors (Lipinski definition) is 11. The molecule has 0 bridgehead atoms. The summed E-state index contributed by atoms with van der Waals surface area (Å²) in [5.41, 5.74) is 5.64. The fourth-order valence-corrected chi connectivity index (χ4v) is 5.83. The van der Waals surface area contributed by atoms with Crippen LogP contribution in [0, 0.1) is 0 Å². The number of thioether (sulfide) groups is 1. The monoisotopic (exact) mass is 791 g/mol. The zero-order valence-electron chi connectivity index (χ0n) is 32.7. The van der Waals surface area contributed by atoms with Crippen LogP contribution in [0.4, 0.5) is 4.79 Å². The number of phenols is 1. The molecule has 0 fully saturated rings. The van der Waals surface area contributed by atoms with E-state index in [9.17, 15) is 33.9 Å². The minimum Gasteiger partial charge on any atom is -0.508 e. The predicted molar refractivity (Wildman–Crippen MR) is 213 cm³/mol. The number of carbonyl (C=O) groups is 6. The summed E-state index contributed by atoms with van der Waals surface area (Å²) in [5, 5.41) is 17.5. The smallest absolute Gasteiger partial charge is 0.408 e. The highest BCUT2D eigenvalue weighted by atomic mass is 32.2. The maximum absolute atomic E-state index is 14.3. The third kappa shape index (κ3) is 15.0. The van der Waals surface area contributed by atoms with Crippen molar-refractivity contribution in [1.29, 1.82) is 0 Å². The van der Waals surface area contributed by atoms with E-state index in [1.165, 1.54) is 37.7 Å². The number of ether oxygens (including phenoxy) is 2. The summed E-state index contributed by atoms with van der Waals surface area (Å²) in [5.74, 6) is -3.69. The van der Waals surface area contributed by atoms with Crippen molar-refractivity contribution in [2.24, 2.45) is 5.73 Å². The van der Waals surface area contributed by atoms with Gasteiger partial charge in [-0.1, -0.05) is 72.8 Å². The van der Waals surface area contributed by atoms with E-state index >= 15 is 0 Å². The van der Waals surface area contributed by atoms with Gasteiger partial charge in [-0.15, -0.1) is 0 Å². The quantitative estimate of drug-likeness (QED) is 0.118. The fourth-order valence-electron chi connectivity index (χ4n) is 5.36. The Kier molecular flexibility index (Phi) is 16.9. The molecule has 5 amide bonds. The Morgan fingerprint density at radius 1 is 0.768 bits per heavy atom. The summed E-state index contributed by atoms with van der Waals surface area (Å²) in [6.45, 7) is 6.94. The van der Waals surface area contributed by atoms with Crippen LogP contribution in [0.3, 0.4) is 0 Å². The summed E-state index contributed by atoms with van der Waals surface area (Å²) in [4.78, 5) is 83.0. The Labute approximate surface area is 332 Å². The number of rotatable bonds is 18. The molecule has 0 spiro atoms. The number of esters is 1. The van der Waals surface area contributed by atoms with Crippen molar-refractivity contribution >= 4 is 47.5 Å². The van der Waals surface area contributed by atoms with Crippen molar-refractivity contribution in [3.63, 3.8) is 0 Å². The largest absolute Gasteiger partial charge is 0.508 e. The van der Waals surface area contributed by atoms with Crippen molar-refractivity contribution in [2.45, 2.75) is 89.8 Å². The molecule has 14 nitrogen and oxygen atoms in total. The second kappa shape index (κ2) is 21.0. The molecule has 0 aliphatic heterocycles. The lowest BCUT2D eigenvalue weighted by molar-refractivity contribution is -0.155. The number of nitrogens with zero attached hydrogens (tertiary/aromatic N) is 1. The zero-order valence-corrected chi connectivity index (χ0v) is 33.5. The lowest BCUT2D eigenvalue weighted by Crippen LogP contribution is -2.63. The van der Waals surface area contributed by atoms with Crippen molar-refractivity contribution in [1.82, 2.24) is 20.9 Å². The van der Waals surface area contributed by atoms with Crippen LogP contribution < -0.4 is 21.7 Å². The van der Waals surface area contributed by atoms with E-state index in [4.69, 9.17) is 15.2 Å². The van der Waals surface area contributed by atoms with Crippen LogP contribution in [0.5, 0.6) is 5.75 Å². The summed E-state index contributed by atoms with van der Waals surface area (Å²) in [6, 6.07) is 19.8. The molecule has 3 aromatic rings. The van der Waals surface area contributed by atoms with Crippen LogP contribution >= 0.6 is 11.8 Å². The Morgan fingerprint density at radius 2 is 1.34 bits per heavy atom. The van der Waals surface area contributed by atoms with Gasteiger partial charge in [-0.25, -0.2) is 9.59 Å². The van der Waals surface area contributed by atoms with Crippen molar-refractivity contribution in [3.8, 4) is 5.75 Å². The molecule has 0 heterocycles. The predicted octanol–water partition coefficient (Wildman–Crippen LogP) is 3.63. The average Bonchev–Trinajstić information content (AvgIpc) is 3.14. The maximum Gasteiger partial charge on any atom is 0.408 e. The number of alkyl carbamates (subject to hydrolysis) is 1. The highest BCUT2D eigenvalue weighted by molar-refractivity contribution is 7.98. The average molecular weight is 792 g/mol. The van der Waals surface area contributed by atoms with Crippen LogP contribution in [-0.4, -0.2) is 93.5 Å². The van der Waals surface area contributed by atoms with E-state index in [1.54, 1.807) is 75.4 Å². The number of carbonyl (C=O) groups excluding carboxylic acids is 6. The fraction of sp³-hybridized carbons (Fsp3) is 0.415. The number of hydrogen-bond donors (Lipinski definition) is 5.